The largest absolute Gasteiger partial charge is 0.433 e. The van der Waals surface area contributed by atoms with E-state index in [4.69, 9.17) is 0 Å². The summed E-state index contributed by atoms with van der Waals surface area (Å²) < 4.78 is 49.1. The molecule has 1 aromatic rings. The molecule has 1 aromatic heterocycles. The summed E-state index contributed by atoms with van der Waals surface area (Å²) >= 11 is 0. The van der Waals surface area contributed by atoms with E-state index in [9.17, 15) is 22.4 Å². The Hall–Kier alpha value is -1.60. The summed E-state index contributed by atoms with van der Waals surface area (Å²) in [6, 6.07) is 0. The van der Waals surface area contributed by atoms with Crippen LogP contribution in [0.1, 0.15) is 16.1 Å². The Balaban J connectivity index is 3.26. The Morgan fingerprint density at radius 1 is 1.50 bits per heavy atom. The lowest BCUT2D eigenvalue weighted by molar-refractivity contribution is -0.141. The zero-order valence-corrected chi connectivity index (χ0v) is 6.87. The molecule has 1 amide bonds. The third-order valence-electron chi connectivity index (χ3n) is 1.46. The number of aromatic amines is 1. The number of carbonyl (C=O) groups is 1. The number of aromatic nitrogens is 2. The quantitative estimate of drug-likeness (QED) is 0.679. The number of rotatable bonds is 1. The van der Waals surface area contributed by atoms with Crippen LogP contribution in [-0.4, -0.2) is 23.2 Å². The monoisotopic (exact) mass is 211 g/mol. The molecule has 0 fully saturated rings. The number of hydrogen-bond acceptors (Lipinski definition) is 2. The summed E-state index contributed by atoms with van der Waals surface area (Å²) in [7, 11) is 1.09. The molecule has 0 unspecified atom stereocenters. The molecular weight excluding hydrogens is 206 g/mol. The molecule has 0 bridgehead atoms. The molecule has 0 aliphatic rings. The van der Waals surface area contributed by atoms with Gasteiger partial charge in [-0.15, -0.1) is 5.10 Å². The van der Waals surface area contributed by atoms with Crippen LogP contribution in [0, 0.1) is 5.95 Å². The van der Waals surface area contributed by atoms with Crippen LogP contribution < -0.4 is 5.32 Å². The molecule has 78 valence electrons. The van der Waals surface area contributed by atoms with Crippen LogP contribution in [0.3, 0.4) is 0 Å². The van der Waals surface area contributed by atoms with Crippen LogP contribution in [-0.2, 0) is 6.18 Å². The Kier molecular flexibility index (Phi) is 2.45. The first-order chi connectivity index (χ1) is 6.38. The molecule has 1 heterocycles. The van der Waals surface area contributed by atoms with Crippen molar-refractivity contribution in [3.05, 3.63) is 17.2 Å². The molecule has 0 aliphatic carbocycles. The van der Waals surface area contributed by atoms with E-state index in [1.54, 1.807) is 0 Å². The van der Waals surface area contributed by atoms with Crippen LogP contribution in [0.15, 0.2) is 0 Å². The lowest BCUT2D eigenvalue weighted by atomic mass is 10.2. The summed E-state index contributed by atoms with van der Waals surface area (Å²) in [5.41, 5.74) is -2.62. The van der Waals surface area contributed by atoms with Crippen molar-refractivity contribution in [2.45, 2.75) is 6.18 Å². The van der Waals surface area contributed by atoms with Crippen molar-refractivity contribution in [2.75, 3.05) is 7.05 Å². The average molecular weight is 211 g/mol. The zero-order chi connectivity index (χ0) is 10.9. The summed E-state index contributed by atoms with van der Waals surface area (Å²) in [4.78, 5) is 10.9. The maximum absolute atomic E-state index is 12.7. The number of amides is 1. The lowest BCUT2D eigenvalue weighted by Crippen LogP contribution is -2.22. The van der Waals surface area contributed by atoms with Crippen LogP contribution in [0.2, 0.25) is 0 Å². The molecule has 4 nitrogen and oxygen atoms in total. The molecule has 2 N–H and O–H groups in total. The van der Waals surface area contributed by atoms with Crippen molar-refractivity contribution in [3.63, 3.8) is 0 Å². The minimum absolute atomic E-state index is 1.09. The number of carbonyl (C=O) groups excluding carboxylic acids is 1. The molecule has 0 saturated carbocycles. The summed E-state index contributed by atoms with van der Waals surface area (Å²) in [5.74, 6) is -2.65. The average Bonchev–Trinajstić information content (AvgIpc) is 2.45. The second-order valence-electron chi connectivity index (χ2n) is 2.34. The van der Waals surface area contributed by atoms with Gasteiger partial charge in [-0.2, -0.15) is 17.6 Å². The minimum Gasteiger partial charge on any atom is -0.355 e. The van der Waals surface area contributed by atoms with Crippen LogP contribution in [0.5, 0.6) is 0 Å². The molecule has 0 radical (unpaired) electrons. The number of halogens is 4. The van der Waals surface area contributed by atoms with Gasteiger partial charge in [0.25, 0.3) is 5.91 Å². The van der Waals surface area contributed by atoms with Crippen LogP contribution in [0.25, 0.3) is 0 Å². The van der Waals surface area contributed by atoms with Crippen molar-refractivity contribution in [3.8, 4) is 0 Å². The molecule has 0 atom stereocenters. The molecule has 8 heteroatoms. The van der Waals surface area contributed by atoms with Crippen molar-refractivity contribution >= 4 is 5.91 Å². The third kappa shape index (κ3) is 1.68. The predicted molar refractivity (Wildman–Crippen MR) is 36.9 cm³/mol. The van der Waals surface area contributed by atoms with Crippen LogP contribution in [0.4, 0.5) is 17.6 Å². The van der Waals surface area contributed by atoms with Gasteiger partial charge in [-0.25, -0.2) is 0 Å². The van der Waals surface area contributed by atoms with Crippen LogP contribution >= 0.6 is 0 Å². The van der Waals surface area contributed by atoms with Gasteiger partial charge in [-0.3, -0.25) is 9.89 Å². The van der Waals surface area contributed by atoms with Gasteiger partial charge in [0.1, 0.15) is 5.56 Å². The van der Waals surface area contributed by atoms with E-state index in [1.807, 2.05) is 5.32 Å². The Bertz CT molecular complexity index is 356. The Morgan fingerprint density at radius 2 is 2.07 bits per heavy atom. The zero-order valence-electron chi connectivity index (χ0n) is 6.87. The number of nitrogens with one attached hydrogen (secondary N) is 2. The molecule has 1 rings (SSSR count). The van der Waals surface area contributed by atoms with Gasteiger partial charge in [-0.05, 0) is 0 Å². The topological polar surface area (TPSA) is 57.8 Å². The second-order valence-corrected chi connectivity index (χ2v) is 2.34. The Labute approximate surface area is 75.3 Å². The van der Waals surface area contributed by atoms with Crippen molar-refractivity contribution in [2.24, 2.45) is 0 Å². The number of nitrogens with zero attached hydrogens (tertiary/aromatic N) is 1. The SMILES string of the molecule is CNC(=O)c1c(F)n[nH]c1C(F)(F)F. The van der Waals surface area contributed by atoms with E-state index in [2.05, 4.69) is 5.10 Å². The lowest BCUT2D eigenvalue weighted by Gasteiger charge is -2.05. The summed E-state index contributed by atoms with van der Waals surface area (Å²) in [5, 5.41) is 5.98. The molecule has 0 aromatic carbocycles. The number of alkyl halides is 3. The van der Waals surface area contributed by atoms with Crippen molar-refractivity contribution in [1.29, 1.82) is 0 Å². The predicted octanol–water partition coefficient (Wildman–Crippen LogP) is 0.927. The highest BCUT2D eigenvalue weighted by Crippen LogP contribution is 2.30. The van der Waals surface area contributed by atoms with Crippen molar-refractivity contribution in [1.82, 2.24) is 15.5 Å². The fourth-order valence-corrected chi connectivity index (χ4v) is 0.857. The molecular formula is C6H5F4N3O. The highest BCUT2D eigenvalue weighted by molar-refractivity contribution is 5.95. The Morgan fingerprint density at radius 3 is 2.50 bits per heavy atom. The normalized spacial score (nSPS) is 11.5. The third-order valence-corrected chi connectivity index (χ3v) is 1.46. The first-order valence-electron chi connectivity index (χ1n) is 3.41. The van der Waals surface area contributed by atoms with E-state index in [0.29, 0.717) is 0 Å². The fourth-order valence-electron chi connectivity index (χ4n) is 0.857. The van der Waals surface area contributed by atoms with E-state index in [1.165, 1.54) is 5.10 Å². The van der Waals surface area contributed by atoms with E-state index in [0.717, 1.165) is 7.05 Å². The molecule has 0 aliphatic heterocycles. The van der Waals surface area contributed by atoms with Gasteiger partial charge in [0.2, 0.25) is 5.95 Å². The summed E-state index contributed by atoms with van der Waals surface area (Å²) in [6.45, 7) is 0. The minimum atomic E-state index is -4.83. The van der Waals surface area contributed by atoms with Crippen molar-refractivity contribution < 1.29 is 22.4 Å². The highest BCUT2D eigenvalue weighted by Gasteiger charge is 2.39. The smallest absolute Gasteiger partial charge is 0.355 e. The fraction of sp³-hybridized carbons (Fsp3) is 0.333. The standard InChI is InChI=1S/C6H5F4N3O/c1-11-5(14)2-3(6(8,9)10)12-13-4(2)7/h1H3,(H,11,14)(H,12,13). The molecule has 14 heavy (non-hydrogen) atoms. The van der Waals surface area contributed by atoms with E-state index in [-0.39, 0.29) is 0 Å². The number of hydrogen-bond donors (Lipinski definition) is 2. The summed E-state index contributed by atoms with van der Waals surface area (Å²) in [6.07, 6.45) is -4.83. The van der Waals surface area contributed by atoms with Gasteiger partial charge in [0.05, 0.1) is 0 Å². The van der Waals surface area contributed by atoms with E-state index < -0.39 is 29.3 Å². The van der Waals surface area contributed by atoms with E-state index >= 15 is 0 Å². The first-order valence-corrected chi connectivity index (χ1v) is 3.41. The maximum atomic E-state index is 12.7. The molecule has 0 saturated heterocycles. The van der Waals surface area contributed by atoms with Gasteiger partial charge in [0, 0.05) is 7.05 Å². The van der Waals surface area contributed by atoms with Gasteiger partial charge in [0.15, 0.2) is 5.69 Å². The molecule has 0 spiro atoms. The van der Waals surface area contributed by atoms with Gasteiger partial charge in [-0.1, -0.05) is 0 Å². The van der Waals surface area contributed by atoms with Gasteiger partial charge >= 0.3 is 6.18 Å². The van der Waals surface area contributed by atoms with Gasteiger partial charge < -0.3 is 5.32 Å². The first kappa shape index (κ1) is 10.5. The highest BCUT2D eigenvalue weighted by atomic mass is 19.4. The number of H-pyrrole nitrogens is 1. The second kappa shape index (κ2) is 3.28. The maximum Gasteiger partial charge on any atom is 0.433 e.